The van der Waals surface area contributed by atoms with Crippen molar-refractivity contribution in [1.82, 2.24) is 41.3 Å². The number of ether oxygens (including phenoxy) is 1. The Morgan fingerprint density at radius 2 is 2.00 bits per heavy atom. The van der Waals surface area contributed by atoms with E-state index in [4.69, 9.17) is 0 Å². The zero-order chi connectivity index (χ0) is 30.3. The van der Waals surface area contributed by atoms with Gasteiger partial charge in [-0.2, -0.15) is 0 Å². The third kappa shape index (κ3) is 5.78. The van der Waals surface area contributed by atoms with E-state index in [2.05, 4.69) is 46.3 Å². The fourth-order valence-corrected chi connectivity index (χ4v) is 4.96. The van der Waals surface area contributed by atoms with E-state index < -0.39 is 29.7 Å². The Morgan fingerprint density at radius 3 is 2.77 bits per heavy atom. The van der Waals surface area contributed by atoms with Gasteiger partial charge in [0.15, 0.2) is 17.4 Å². The molecule has 3 N–H and O–H groups in total. The predicted molar refractivity (Wildman–Crippen MR) is 141 cm³/mol. The number of halogens is 4. The minimum Gasteiger partial charge on any atom is -0.403 e. The summed E-state index contributed by atoms with van der Waals surface area (Å²) in [6.45, 7) is -0.136. The summed E-state index contributed by atoms with van der Waals surface area (Å²) in [6, 6.07) is 8.35. The molecule has 13 nitrogen and oxygen atoms in total. The summed E-state index contributed by atoms with van der Waals surface area (Å²) in [5, 5.41) is 18.5. The molecule has 0 saturated heterocycles. The second-order valence-corrected chi connectivity index (χ2v) is 9.74. The van der Waals surface area contributed by atoms with Gasteiger partial charge in [0.05, 0.1) is 6.04 Å². The average molecular weight is 599 g/mol. The molecule has 2 amide bonds. The van der Waals surface area contributed by atoms with Crippen molar-refractivity contribution in [2.24, 2.45) is 17.0 Å². The minimum atomic E-state index is -5.08. The number of fused-ring (bicyclic) bond motifs is 2. The molecule has 0 bridgehead atoms. The molecule has 17 heteroatoms. The van der Waals surface area contributed by atoms with Crippen LogP contribution in [0, 0.1) is 5.82 Å². The van der Waals surface area contributed by atoms with Crippen LogP contribution in [0.3, 0.4) is 0 Å². The minimum absolute atomic E-state index is 0.0780. The molecule has 0 unspecified atom stereocenters. The van der Waals surface area contributed by atoms with Crippen molar-refractivity contribution < 1.29 is 31.9 Å². The molecule has 0 radical (unpaired) electrons. The maximum atomic E-state index is 13.7. The summed E-state index contributed by atoms with van der Waals surface area (Å²) >= 11 is 0. The number of benzene rings is 2. The van der Waals surface area contributed by atoms with Crippen LogP contribution in [0.15, 0.2) is 58.2 Å². The van der Waals surface area contributed by atoms with E-state index in [1.54, 1.807) is 11.7 Å². The highest BCUT2D eigenvalue weighted by molar-refractivity contribution is 6.46. The Hall–Kier alpha value is -5.19. The predicted octanol–water partition coefficient (Wildman–Crippen LogP) is 1.81. The molecular formula is C26H22F4N10O3. The first-order chi connectivity index (χ1) is 20.6. The van der Waals surface area contributed by atoms with Crippen molar-refractivity contribution in [1.29, 1.82) is 0 Å². The lowest BCUT2D eigenvalue weighted by Crippen LogP contribution is -2.46. The number of rotatable bonds is 7. The summed E-state index contributed by atoms with van der Waals surface area (Å²) in [7, 11) is 1.75. The second-order valence-electron chi connectivity index (χ2n) is 9.74. The number of alkyl halides is 3. The molecule has 0 saturated carbocycles. The first kappa shape index (κ1) is 28.0. The highest BCUT2D eigenvalue weighted by Crippen LogP contribution is 2.34. The Labute approximate surface area is 240 Å². The van der Waals surface area contributed by atoms with Crippen LogP contribution in [0.4, 0.5) is 17.6 Å². The van der Waals surface area contributed by atoms with Gasteiger partial charge in [-0.1, -0.05) is 18.2 Å². The number of tetrazole rings is 1. The van der Waals surface area contributed by atoms with Crippen LogP contribution in [0.1, 0.15) is 29.2 Å². The number of guanidine groups is 1. The summed E-state index contributed by atoms with van der Waals surface area (Å²) in [5.41, 5.74) is 5.84. The van der Waals surface area contributed by atoms with Crippen LogP contribution in [-0.4, -0.2) is 61.7 Å². The molecule has 0 fully saturated rings. The third-order valence-electron chi connectivity index (χ3n) is 6.93. The molecule has 222 valence electrons. The number of hydrogen-bond acceptors (Lipinski definition) is 10. The summed E-state index contributed by atoms with van der Waals surface area (Å²) in [5.74, 6) is -2.72. The lowest BCUT2D eigenvalue weighted by molar-refractivity contribution is -0.275. The number of hydrazine groups is 1. The molecule has 2 aliphatic heterocycles. The molecule has 2 aromatic carbocycles. The zero-order valence-electron chi connectivity index (χ0n) is 22.3. The van der Waals surface area contributed by atoms with E-state index in [1.807, 2.05) is 18.2 Å². The summed E-state index contributed by atoms with van der Waals surface area (Å²) < 4.78 is 56.7. The van der Waals surface area contributed by atoms with Crippen LogP contribution in [-0.2, 0) is 29.6 Å². The number of aryl methyl sites for hydroxylation is 2. The normalized spacial score (nSPS) is 17.5. The first-order valence-electron chi connectivity index (χ1n) is 12.9. The van der Waals surface area contributed by atoms with Crippen molar-refractivity contribution >= 4 is 23.5 Å². The number of aromatic nitrogens is 4. The lowest BCUT2D eigenvalue weighted by atomic mass is 10.0. The van der Waals surface area contributed by atoms with Crippen molar-refractivity contribution in [2.75, 3.05) is 6.67 Å². The molecule has 6 rings (SSSR count). The summed E-state index contributed by atoms with van der Waals surface area (Å²) in [4.78, 5) is 34.8. The van der Waals surface area contributed by atoms with Gasteiger partial charge in [0.1, 0.15) is 18.1 Å². The van der Waals surface area contributed by atoms with E-state index in [0.717, 1.165) is 35.2 Å². The van der Waals surface area contributed by atoms with Crippen LogP contribution < -0.4 is 20.8 Å². The molecule has 43 heavy (non-hydrogen) atoms. The molecule has 0 spiro atoms. The van der Waals surface area contributed by atoms with E-state index >= 15 is 0 Å². The van der Waals surface area contributed by atoms with E-state index in [9.17, 15) is 27.2 Å². The van der Waals surface area contributed by atoms with Gasteiger partial charge in [-0.3, -0.25) is 9.59 Å². The Kier molecular flexibility index (Phi) is 7.09. The van der Waals surface area contributed by atoms with Gasteiger partial charge in [0.25, 0.3) is 11.8 Å². The topological polar surface area (TPSA) is 151 Å². The monoisotopic (exact) mass is 598 g/mol. The van der Waals surface area contributed by atoms with Crippen molar-refractivity contribution in [3.8, 4) is 17.1 Å². The highest BCUT2D eigenvalue weighted by Gasteiger charge is 2.34. The van der Waals surface area contributed by atoms with Gasteiger partial charge in [-0.05, 0) is 58.2 Å². The quantitative estimate of drug-likeness (QED) is 0.349. The van der Waals surface area contributed by atoms with Crippen LogP contribution in [0.2, 0.25) is 0 Å². The Balaban J connectivity index is 1.15. The smallest absolute Gasteiger partial charge is 0.403 e. The van der Waals surface area contributed by atoms with Crippen molar-refractivity contribution in [2.45, 2.75) is 31.8 Å². The molecular weight excluding hydrogens is 576 g/mol. The molecule has 3 aliphatic rings. The maximum absolute atomic E-state index is 13.7. The van der Waals surface area contributed by atoms with Gasteiger partial charge in [0, 0.05) is 25.2 Å². The number of nitrogens with zero attached hydrogens (tertiary/aromatic N) is 7. The van der Waals surface area contributed by atoms with Gasteiger partial charge < -0.3 is 15.4 Å². The highest BCUT2D eigenvalue weighted by atomic mass is 19.4. The number of nitrogens with one attached hydrogen (secondary N) is 3. The van der Waals surface area contributed by atoms with Gasteiger partial charge >= 0.3 is 6.36 Å². The van der Waals surface area contributed by atoms with Crippen molar-refractivity contribution in [3.63, 3.8) is 0 Å². The Bertz CT molecular complexity index is 1720. The molecule has 3 aromatic rings. The van der Waals surface area contributed by atoms with E-state index in [-0.39, 0.29) is 42.2 Å². The van der Waals surface area contributed by atoms with Gasteiger partial charge in [-0.15, -0.1) is 18.3 Å². The second kappa shape index (κ2) is 10.9. The number of carbonyl (C=O) groups excluding carboxylic acids is 2. The first-order valence-corrected chi connectivity index (χ1v) is 12.9. The average Bonchev–Trinajstić information content (AvgIpc) is 3.71. The fourth-order valence-electron chi connectivity index (χ4n) is 4.96. The molecule has 1 aliphatic carbocycles. The molecule has 1 atom stereocenters. The zero-order valence-corrected chi connectivity index (χ0v) is 22.3. The number of hydrogen-bond donors (Lipinski definition) is 3. The van der Waals surface area contributed by atoms with Gasteiger partial charge in [-0.25, -0.2) is 29.5 Å². The van der Waals surface area contributed by atoms with E-state index in [0.29, 0.717) is 12.2 Å². The standard InChI is InChI=1S/C26H22F4N10O3/c1-39-22(36-37-38-39)15-3-5-16-14(9-15)4-7-18(16)34-24(42)20-10-19(35-25-32-12-33-40(20)25)23(41)31-11-13-2-6-17(27)21(8-13)43-26(28,29)30/h2-3,5-6,8-10,18,33H,4,7,11-12H2,1H3,(H,31,41)(H,34,42)/t18-/m0/s1. The fraction of sp³-hybridized carbons (Fsp3) is 0.269. The Morgan fingerprint density at radius 1 is 1.16 bits per heavy atom. The van der Waals surface area contributed by atoms with Crippen LogP contribution in [0.5, 0.6) is 5.75 Å². The molecule has 1 aromatic heterocycles. The van der Waals surface area contributed by atoms with Crippen LogP contribution in [0.25, 0.3) is 11.4 Å². The number of carbonyl (C=O) groups is 2. The molecule has 3 heterocycles. The van der Waals surface area contributed by atoms with E-state index in [1.165, 1.54) is 17.2 Å². The third-order valence-corrected chi connectivity index (χ3v) is 6.93. The number of amides is 2. The maximum Gasteiger partial charge on any atom is 0.573 e. The summed E-state index contributed by atoms with van der Waals surface area (Å²) in [6.07, 6.45) is -2.42. The SMILES string of the molecule is Cn1nnnc1-c1ccc2c(c1)CC[C@@H]2NC(=O)C1=CC(C(=O)NCc2ccc(F)c(OC(F)(F)F)c2)=NC2=NCNN12. The van der Waals surface area contributed by atoms with Gasteiger partial charge in [0.2, 0.25) is 5.96 Å². The van der Waals surface area contributed by atoms with Crippen molar-refractivity contribution in [3.05, 3.63) is 70.7 Å². The van der Waals surface area contributed by atoms with Crippen LogP contribution >= 0.6 is 0 Å². The number of aliphatic imine (C=N–C) groups is 2. The lowest BCUT2D eigenvalue weighted by Gasteiger charge is -2.25. The largest absolute Gasteiger partial charge is 0.573 e.